The van der Waals surface area contributed by atoms with Crippen molar-refractivity contribution >= 4 is 11.6 Å². The maximum Gasteiger partial charge on any atom is 0.144 e. The molecule has 0 nitrogen and oxygen atoms in total. The molecule has 0 aromatic heterocycles. The third-order valence-electron chi connectivity index (χ3n) is 1.01. The maximum absolute atomic E-state index is 12.9. The molecule has 0 unspecified atom stereocenters. The van der Waals surface area contributed by atoms with Crippen molar-refractivity contribution in [3.63, 3.8) is 0 Å². The van der Waals surface area contributed by atoms with Gasteiger partial charge < -0.3 is 0 Å². The number of halogens is 3. The van der Waals surface area contributed by atoms with E-state index in [1.165, 1.54) is 0 Å². The summed E-state index contributed by atoms with van der Waals surface area (Å²) in [5.41, 5.74) is -0.570. The summed E-state index contributed by atoms with van der Waals surface area (Å²) in [6.45, 7) is -2.61. The van der Waals surface area contributed by atoms with E-state index < -0.39 is 29.1 Å². The van der Waals surface area contributed by atoms with E-state index in [-0.39, 0.29) is 0 Å². The van der Waals surface area contributed by atoms with Gasteiger partial charge >= 0.3 is 0 Å². The average Bonchev–Trinajstić information content (AvgIpc) is 1.94. The van der Waals surface area contributed by atoms with E-state index in [1.54, 1.807) is 0 Å². The molecular weight excluding hydrogens is 158 g/mol. The van der Waals surface area contributed by atoms with Gasteiger partial charge in [-0.2, -0.15) is 0 Å². The number of rotatable bonds is 0. The van der Waals surface area contributed by atoms with Crippen LogP contribution in [0, 0.1) is 18.5 Å². The molecule has 10 heavy (non-hydrogen) atoms. The highest BCUT2D eigenvalue weighted by molar-refractivity contribution is 6.30. The molecular formula is C7H5ClF2. The molecule has 0 amide bonds. The zero-order chi connectivity index (χ0) is 10.2. The smallest absolute Gasteiger partial charge is 0.144 e. The molecule has 0 N–H and O–H groups in total. The first-order valence-corrected chi connectivity index (χ1v) is 2.85. The van der Waals surface area contributed by atoms with E-state index in [0.717, 1.165) is 6.07 Å². The van der Waals surface area contributed by atoms with Gasteiger partial charge in [-0.15, -0.1) is 0 Å². The summed E-state index contributed by atoms with van der Waals surface area (Å²) < 4.78 is 46.1. The average molecular weight is 166 g/mol. The normalized spacial score (nSPS) is 15.7. The van der Waals surface area contributed by atoms with Crippen LogP contribution in [0.3, 0.4) is 0 Å². The van der Waals surface area contributed by atoms with E-state index >= 15 is 0 Å². The molecule has 0 aliphatic rings. The summed E-state index contributed by atoms with van der Waals surface area (Å²) >= 11 is 5.30. The molecule has 0 aliphatic heterocycles. The number of benzene rings is 1. The lowest BCUT2D eigenvalue weighted by molar-refractivity contribution is 0.578. The first kappa shape index (κ1) is 4.29. The number of hydrogen-bond donors (Lipinski definition) is 0. The second-order valence-electron chi connectivity index (χ2n) is 1.75. The first-order chi connectivity index (χ1) is 5.82. The molecule has 0 heterocycles. The van der Waals surface area contributed by atoms with Gasteiger partial charge in [0.25, 0.3) is 0 Å². The van der Waals surface area contributed by atoms with Crippen LogP contribution in [0.4, 0.5) is 8.78 Å². The van der Waals surface area contributed by atoms with Crippen LogP contribution in [-0.2, 0) is 0 Å². The molecule has 0 radical (unpaired) electrons. The van der Waals surface area contributed by atoms with E-state index in [1.807, 2.05) is 0 Å². The zero-order valence-corrected chi connectivity index (χ0v) is 5.54. The van der Waals surface area contributed by atoms with Crippen molar-refractivity contribution in [3.8, 4) is 0 Å². The molecule has 0 spiro atoms. The van der Waals surface area contributed by atoms with Crippen molar-refractivity contribution in [2.45, 2.75) is 6.85 Å². The van der Waals surface area contributed by atoms with Gasteiger partial charge in [0, 0.05) is 10.2 Å². The van der Waals surface area contributed by atoms with Gasteiger partial charge in [0.1, 0.15) is 11.6 Å². The van der Waals surface area contributed by atoms with Gasteiger partial charge in [-0.1, -0.05) is 11.6 Å². The van der Waals surface area contributed by atoms with Gasteiger partial charge in [0.05, 0.1) is 5.02 Å². The van der Waals surface area contributed by atoms with Crippen LogP contribution in [0.5, 0.6) is 0 Å². The topological polar surface area (TPSA) is 0 Å². The monoisotopic (exact) mass is 165 g/mol. The lowest BCUT2D eigenvalue weighted by Gasteiger charge is -1.96. The molecule has 0 fully saturated rings. The Morgan fingerprint density at radius 1 is 1.40 bits per heavy atom. The first-order valence-electron chi connectivity index (χ1n) is 3.97. The van der Waals surface area contributed by atoms with E-state index in [0.29, 0.717) is 6.07 Å². The molecule has 0 saturated carbocycles. The second-order valence-corrected chi connectivity index (χ2v) is 2.15. The van der Waals surface area contributed by atoms with Crippen LogP contribution in [-0.4, -0.2) is 0 Å². The van der Waals surface area contributed by atoms with Crippen LogP contribution >= 0.6 is 11.6 Å². The van der Waals surface area contributed by atoms with Crippen molar-refractivity contribution in [3.05, 3.63) is 34.4 Å². The van der Waals surface area contributed by atoms with E-state index in [9.17, 15) is 8.78 Å². The third-order valence-corrected chi connectivity index (χ3v) is 1.30. The van der Waals surface area contributed by atoms with Crippen LogP contribution in [0.2, 0.25) is 5.02 Å². The number of aryl methyl sites for hydroxylation is 1. The fraction of sp³-hybridized carbons (Fsp3) is 0.143. The van der Waals surface area contributed by atoms with Gasteiger partial charge in [0.2, 0.25) is 0 Å². The van der Waals surface area contributed by atoms with Crippen molar-refractivity contribution in [1.82, 2.24) is 0 Å². The number of hydrogen-bond acceptors (Lipinski definition) is 0. The Kier molecular flexibility index (Phi) is 1.09. The van der Waals surface area contributed by atoms with Gasteiger partial charge in [-0.05, 0) is 18.5 Å². The molecule has 0 aliphatic carbocycles. The highest BCUT2D eigenvalue weighted by Crippen LogP contribution is 2.17. The minimum atomic E-state index is -2.61. The van der Waals surface area contributed by atoms with E-state index in [2.05, 4.69) is 0 Å². The lowest BCUT2D eigenvalue weighted by Crippen LogP contribution is -1.84. The van der Waals surface area contributed by atoms with Crippen LogP contribution < -0.4 is 0 Å². The minimum Gasteiger partial charge on any atom is -0.207 e. The lowest BCUT2D eigenvalue weighted by atomic mass is 10.2. The highest BCUT2D eigenvalue weighted by Gasteiger charge is 2.03. The van der Waals surface area contributed by atoms with Crippen molar-refractivity contribution in [1.29, 1.82) is 0 Å². The van der Waals surface area contributed by atoms with Crippen molar-refractivity contribution in [2.75, 3.05) is 0 Å². The molecule has 1 rings (SSSR count). The fourth-order valence-electron chi connectivity index (χ4n) is 0.523. The quantitative estimate of drug-likeness (QED) is 0.519. The summed E-state index contributed by atoms with van der Waals surface area (Å²) in [7, 11) is 0. The van der Waals surface area contributed by atoms with Gasteiger partial charge in [-0.25, -0.2) is 8.78 Å². The van der Waals surface area contributed by atoms with E-state index in [4.69, 9.17) is 15.7 Å². The summed E-state index contributed by atoms with van der Waals surface area (Å²) in [5.74, 6) is -2.07. The maximum atomic E-state index is 12.9. The zero-order valence-electron chi connectivity index (χ0n) is 7.79. The summed E-state index contributed by atoms with van der Waals surface area (Å²) in [5, 5.41) is -0.396. The van der Waals surface area contributed by atoms with Crippen LogP contribution in [0.25, 0.3) is 0 Å². The Morgan fingerprint density at radius 3 is 2.70 bits per heavy atom. The molecule has 0 saturated heterocycles. The predicted molar refractivity (Wildman–Crippen MR) is 36.1 cm³/mol. The Bertz CT molecular complexity index is 335. The van der Waals surface area contributed by atoms with Gasteiger partial charge in [-0.3, -0.25) is 0 Å². The van der Waals surface area contributed by atoms with Crippen LogP contribution in [0.15, 0.2) is 12.1 Å². The Labute approximate surface area is 66.6 Å². The molecule has 54 valence electrons. The molecule has 0 bridgehead atoms. The largest absolute Gasteiger partial charge is 0.207 e. The summed E-state index contributed by atoms with van der Waals surface area (Å²) in [4.78, 5) is 0. The minimum absolute atomic E-state index is 0.396. The van der Waals surface area contributed by atoms with Crippen molar-refractivity contribution < 1.29 is 12.9 Å². The molecule has 1 aromatic rings. The van der Waals surface area contributed by atoms with Gasteiger partial charge in [0.15, 0.2) is 0 Å². The highest BCUT2D eigenvalue weighted by atomic mass is 35.5. The molecule has 0 atom stereocenters. The predicted octanol–water partition coefficient (Wildman–Crippen LogP) is 2.93. The summed E-state index contributed by atoms with van der Waals surface area (Å²) in [6.07, 6.45) is 0. The Balaban J connectivity index is 3.32. The standard InChI is InChI=1S/C7H5ClF2/c1-4-2-5(8)7(10)3-6(4)9/h2-3H,1H3/i1D3. The molecule has 3 heteroatoms. The second kappa shape index (κ2) is 2.54. The SMILES string of the molecule is [2H]C([2H])([2H])c1cc(Cl)c(F)cc1F. The van der Waals surface area contributed by atoms with Crippen LogP contribution in [0.1, 0.15) is 9.68 Å². The Hall–Kier alpha value is -0.630. The molecule has 1 aromatic carbocycles. The fourth-order valence-corrected chi connectivity index (χ4v) is 0.686. The Morgan fingerprint density at radius 2 is 2.10 bits per heavy atom. The third kappa shape index (κ3) is 1.27. The summed E-state index contributed by atoms with van der Waals surface area (Å²) in [6, 6.07) is 1.24. The van der Waals surface area contributed by atoms with Crippen molar-refractivity contribution in [2.24, 2.45) is 0 Å².